The molecule has 0 amide bonds. The lowest BCUT2D eigenvalue weighted by Gasteiger charge is -2.14. The maximum atomic E-state index is 5.71. The van der Waals surface area contributed by atoms with E-state index >= 15 is 0 Å². The van der Waals surface area contributed by atoms with Gasteiger partial charge in [-0.1, -0.05) is 140 Å². The Morgan fingerprint density at radius 2 is 0.915 bits per heavy atom. The highest BCUT2D eigenvalue weighted by atomic mass is 32.1. The monoisotopic (exact) mass is 768 g/mol. The van der Waals surface area contributed by atoms with Gasteiger partial charge in [0.25, 0.3) is 0 Å². The van der Waals surface area contributed by atoms with Gasteiger partial charge in [-0.2, -0.15) is 0 Å². The van der Waals surface area contributed by atoms with Crippen molar-refractivity contribution in [2.75, 3.05) is 0 Å². The SMILES string of the molecule is c1ccc(-c2ccc3c(c2)sc2nc(-n4c5cc6ccccc6cc5c5cc6ccccc6cc54)c(-c4ccc5c6ccccc6n(-c6ccccc6)c5c4)nc23)cc1. The van der Waals surface area contributed by atoms with Gasteiger partial charge in [-0.05, 0) is 87.3 Å². The van der Waals surface area contributed by atoms with Crippen molar-refractivity contribution in [2.45, 2.75) is 0 Å². The highest BCUT2D eigenvalue weighted by Crippen LogP contribution is 2.43. The number of hydrogen-bond donors (Lipinski definition) is 0. The summed E-state index contributed by atoms with van der Waals surface area (Å²) in [5.41, 5.74) is 10.8. The van der Waals surface area contributed by atoms with Crippen LogP contribution in [0.4, 0.5) is 0 Å². The molecule has 0 bridgehead atoms. The minimum Gasteiger partial charge on any atom is -0.309 e. The first-order valence-corrected chi connectivity index (χ1v) is 20.8. The largest absolute Gasteiger partial charge is 0.309 e. The van der Waals surface area contributed by atoms with Crippen LogP contribution < -0.4 is 0 Å². The normalized spacial score (nSPS) is 12.1. The molecule has 0 aliphatic rings. The fraction of sp³-hybridized carbons (Fsp3) is 0. The zero-order valence-corrected chi connectivity index (χ0v) is 32.5. The van der Waals surface area contributed by atoms with Gasteiger partial charge in [0.1, 0.15) is 16.0 Å². The Kier molecular flexibility index (Phi) is 6.85. The van der Waals surface area contributed by atoms with E-state index in [4.69, 9.17) is 9.97 Å². The van der Waals surface area contributed by atoms with Crippen LogP contribution in [0.3, 0.4) is 0 Å². The van der Waals surface area contributed by atoms with E-state index in [0.29, 0.717) is 0 Å². The van der Waals surface area contributed by atoms with Gasteiger partial charge in [0.05, 0.1) is 22.1 Å². The summed E-state index contributed by atoms with van der Waals surface area (Å²) in [7, 11) is 0. The summed E-state index contributed by atoms with van der Waals surface area (Å²) < 4.78 is 5.93. The Labute approximate surface area is 342 Å². The summed E-state index contributed by atoms with van der Waals surface area (Å²) in [6.45, 7) is 0. The summed E-state index contributed by atoms with van der Waals surface area (Å²) in [6.07, 6.45) is 0. The van der Waals surface area contributed by atoms with Gasteiger partial charge in [-0.15, -0.1) is 11.3 Å². The van der Waals surface area contributed by atoms with Gasteiger partial charge in [-0.25, -0.2) is 9.97 Å². The van der Waals surface area contributed by atoms with Crippen molar-refractivity contribution in [3.63, 3.8) is 0 Å². The third kappa shape index (κ3) is 4.89. The molecule has 0 atom stereocenters. The van der Waals surface area contributed by atoms with Crippen LogP contribution in [0, 0.1) is 0 Å². The second-order valence-corrected chi connectivity index (χ2v) is 16.4. The summed E-state index contributed by atoms with van der Waals surface area (Å²) in [5.74, 6) is 0.819. The molecule has 13 aromatic rings. The average Bonchev–Trinajstić information content (AvgIpc) is 3.93. The molecule has 0 aliphatic heterocycles. The van der Waals surface area contributed by atoms with Gasteiger partial charge < -0.3 is 4.57 Å². The van der Waals surface area contributed by atoms with Crippen molar-refractivity contribution in [1.82, 2.24) is 19.1 Å². The lowest BCUT2D eigenvalue weighted by Crippen LogP contribution is -2.03. The Morgan fingerprint density at radius 1 is 0.356 bits per heavy atom. The van der Waals surface area contributed by atoms with E-state index in [2.05, 4.69) is 203 Å². The molecule has 4 heterocycles. The van der Waals surface area contributed by atoms with Crippen molar-refractivity contribution in [2.24, 2.45) is 0 Å². The van der Waals surface area contributed by atoms with Crippen LogP contribution in [0.15, 0.2) is 194 Å². The number of nitrogens with zero attached hydrogens (tertiary/aromatic N) is 4. The molecule has 274 valence electrons. The van der Waals surface area contributed by atoms with E-state index in [1.54, 1.807) is 11.3 Å². The molecule has 0 saturated heterocycles. The smallest absolute Gasteiger partial charge is 0.166 e. The molecular formula is C54H32N4S. The van der Waals surface area contributed by atoms with E-state index in [9.17, 15) is 0 Å². The molecule has 0 spiro atoms. The lowest BCUT2D eigenvalue weighted by atomic mass is 10.0. The predicted octanol–water partition coefficient (Wildman–Crippen LogP) is 14.7. The van der Waals surface area contributed by atoms with Crippen molar-refractivity contribution < 1.29 is 0 Å². The number of fused-ring (bicyclic) bond motifs is 11. The summed E-state index contributed by atoms with van der Waals surface area (Å²) >= 11 is 1.72. The first-order chi connectivity index (χ1) is 29.2. The molecule has 4 aromatic heterocycles. The molecule has 0 unspecified atom stereocenters. The summed E-state index contributed by atoms with van der Waals surface area (Å²) in [5, 5.41) is 10.7. The third-order valence-electron chi connectivity index (χ3n) is 12.1. The number of benzene rings is 9. The Balaban J connectivity index is 1.16. The van der Waals surface area contributed by atoms with E-state index < -0.39 is 0 Å². The van der Waals surface area contributed by atoms with Gasteiger partial charge in [-0.3, -0.25) is 4.57 Å². The summed E-state index contributed by atoms with van der Waals surface area (Å²) in [4.78, 5) is 12.3. The van der Waals surface area contributed by atoms with Crippen LogP contribution in [0.2, 0.25) is 0 Å². The summed E-state index contributed by atoms with van der Waals surface area (Å²) in [6, 6.07) is 70.2. The van der Waals surface area contributed by atoms with Crippen LogP contribution in [0.1, 0.15) is 0 Å². The molecule has 0 saturated carbocycles. The molecule has 0 radical (unpaired) electrons. The molecule has 0 fully saturated rings. The molecule has 5 heteroatoms. The zero-order valence-electron chi connectivity index (χ0n) is 31.7. The lowest BCUT2D eigenvalue weighted by molar-refractivity contribution is 1.09. The Morgan fingerprint density at radius 3 is 1.63 bits per heavy atom. The third-order valence-corrected chi connectivity index (χ3v) is 13.1. The minimum absolute atomic E-state index is 0.819. The van der Waals surface area contributed by atoms with Crippen LogP contribution >= 0.6 is 11.3 Å². The number of aromatic nitrogens is 4. The number of rotatable bonds is 4. The second-order valence-electron chi connectivity index (χ2n) is 15.4. The van der Waals surface area contributed by atoms with Crippen molar-refractivity contribution >= 4 is 96.9 Å². The maximum Gasteiger partial charge on any atom is 0.166 e. The molecule has 0 aliphatic carbocycles. The average molecular weight is 769 g/mol. The van der Waals surface area contributed by atoms with E-state index in [0.717, 1.165) is 55.0 Å². The Hall–Kier alpha value is -7.60. The fourth-order valence-electron chi connectivity index (χ4n) is 9.31. The quantitative estimate of drug-likeness (QED) is 0.179. The highest BCUT2D eigenvalue weighted by Gasteiger charge is 2.23. The molecule has 59 heavy (non-hydrogen) atoms. The minimum atomic E-state index is 0.819. The number of hydrogen-bond acceptors (Lipinski definition) is 3. The predicted molar refractivity (Wildman–Crippen MR) is 249 cm³/mol. The van der Waals surface area contributed by atoms with Gasteiger partial charge in [0.2, 0.25) is 0 Å². The molecule has 9 aromatic carbocycles. The van der Waals surface area contributed by atoms with Crippen LogP contribution in [-0.4, -0.2) is 19.1 Å². The van der Waals surface area contributed by atoms with Crippen LogP contribution in [0.5, 0.6) is 0 Å². The van der Waals surface area contributed by atoms with Gasteiger partial charge in [0.15, 0.2) is 5.82 Å². The van der Waals surface area contributed by atoms with Crippen LogP contribution in [-0.2, 0) is 0 Å². The van der Waals surface area contributed by atoms with Crippen molar-refractivity contribution in [3.05, 3.63) is 194 Å². The number of thiophene rings is 1. The molecule has 13 rings (SSSR count). The molecular weight excluding hydrogens is 737 g/mol. The molecule has 0 N–H and O–H groups in total. The van der Waals surface area contributed by atoms with Crippen LogP contribution in [0.25, 0.3) is 119 Å². The second kappa shape index (κ2) is 12.4. The zero-order chi connectivity index (χ0) is 38.6. The van der Waals surface area contributed by atoms with Crippen molar-refractivity contribution in [1.29, 1.82) is 0 Å². The maximum absolute atomic E-state index is 5.71. The first kappa shape index (κ1) is 32.5. The van der Waals surface area contributed by atoms with Crippen molar-refractivity contribution in [3.8, 4) is 33.9 Å². The Bertz CT molecular complexity index is 3740. The fourth-order valence-corrected chi connectivity index (χ4v) is 10.4. The standard InChI is InChI=1S/C54H32N4S/c1-3-13-33(14-4-1)38-23-26-43-50(32-38)59-54-52(43)55-51(39-24-25-42-41-21-11-12-22-46(41)57(47(42)31-39)40-19-5-2-6-20-40)53(56-54)58-48-29-36-17-9-7-15-34(36)27-44(48)45-28-35-16-8-10-18-37(35)30-49(45)58/h1-32H. The first-order valence-electron chi connectivity index (χ1n) is 20.0. The number of para-hydroxylation sites is 2. The highest BCUT2D eigenvalue weighted by molar-refractivity contribution is 7.25. The van der Waals surface area contributed by atoms with Gasteiger partial charge in [0, 0.05) is 42.9 Å². The van der Waals surface area contributed by atoms with E-state index in [1.807, 2.05) is 0 Å². The molecule has 4 nitrogen and oxygen atoms in total. The topological polar surface area (TPSA) is 35.6 Å². The van der Waals surface area contributed by atoms with Gasteiger partial charge >= 0.3 is 0 Å². The van der Waals surface area contributed by atoms with E-state index in [1.165, 1.54) is 64.4 Å². The van der Waals surface area contributed by atoms with E-state index in [-0.39, 0.29) is 0 Å².